The Morgan fingerprint density at radius 2 is 2.27 bits per heavy atom. The SMILES string of the molecule is CCC(C)(C(=O)NCC1CC1)C(N)=NO. The molecule has 0 aromatic carbocycles. The summed E-state index contributed by atoms with van der Waals surface area (Å²) in [5.74, 6) is 0.438. The monoisotopic (exact) mass is 213 g/mol. The lowest BCUT2D eigenvalue weighted by atomic mass is 9.85. The molecule has 86 valence electrons. The lowest BCUT2D eigenvalue weighted by Crippen LogP contribution is -2.48. The van der Waals surface area contributed by atoms with E-state index in [1.54, 1.807) is 6.92 Å². The second kappa shape index (κ2) is 4.51. The number of oxime groups is 1. The highest BCUT2D eigenvalue weighted by molar-refractivity contribution is 6.06. The minimum absolute atomic E-state index is 0.0294. The van der Waals surface area contributed by atoms with E-state index < -0.39 is 5.41 Å². The predicted molar refractivity (Wildman–Crippen MR) is 57.5 cm³/mol. The van der Waals surface area contributed by atoms with Crippen LogP contribution in [0.3, 0.4) is 0 Å². The van der Waals surface area contributed by atoms with Crippen molar-refractivity contribution in [1.29, 1.82) is 0 Å². The Labute approximate surface area is 89.7 Å². The van der Waals surface area contributed by atoms with E-state index in [0.29, 0.717) is 18.9 Å². The predicted octanol–water partition coefficient (Wildman–Crippen LogP) is 0.675. The van der Waals surface area contributed by atoms with E-state index in [4.69, 9.17) is 10.9 Å². The van der Waals surface area contributed by atoms with Crippen LogP contribution < -0.4 is 11.1 Å². The van der Waals surface area contributed by atoms with Gasteiger partial charge in [-0.2, -0.15) is 0 Å². The van der Waals surface area contributed by atoms with Crippen LogP contribution in [0.1, 0.15) is 33.1 Å². The fraction of sp³-hybridized carbons (Fsp3) is 0.800. The zero-order valence-electron chi connectivity index (χ0n) is 9.29. The fourth-order valence-corrected chi connectivity index (χ4v) is 1.32. The molecule has 0 aliphatic heterocycles. The number of amidine groups is 1. The molecule has 1 unspecified atom stereocenters. The molecule has 1 rings (SSSR count). The highest BCUT2D eigenvalue weighted by Crippen LogP contribution is 2.28. The number of nitrogens with one attached hydrogen (secondary N) is 1. The van der Waals surface area contributed by atoms with Gasteiger partial charge in [0, 0.05) is 6.54 Å². The number of nitrogens with two attached hydrogens (primary N) is 1. The van der Waals surface area contributed by atoms with Crippen LogP contribution >= 0.6 is 0 Å². The molecule has 1 aliphatic carbocycles. The van der Waals surface area contributed by atoms with Crippen LogP contribution in [0.15, 0.2) is 5.16 Å². The quantitative estimate of drug-likeness (QED) is 0.271. The van der Waals surface area contributed by atoms with Gasteiger partial charge in [-0.15, -0.1) is 0 Å². The Kier molecular flexibility index (Phi) is 3.55. The molecule has 1 atom stereocenters. The van der Waals surface area contributed by atoms with Crippen molar-refractivity contribution in [3.05, 3.63) is 0 Å². The second-order valence-electron chi connectivity index (χ2n) is 4.32. The van der Waals surface area contributed by atoms with Crippen molar-refractivity contribution in [2.45, 2.75) is 33.1 Å². The van der Waals surface area contributed by atoms with E-state index in [-0.39, 0.29) is 11.7 Å². The molecule has 0 spiro atoms. The molecule has 0 heterocycles. The number of rotatable bonds is 5. The average Bonchev–Trinajstić information content (AvgIpc) is 3.07. The number of nitrogens with zero attached hydrogens (tertiary/aromatic N) is 1. The first-order valence-electron chi connectivity index (χ1n) is 5.31. The first kappa shape index (κ1) is 11.8. The summed E-state index contributed by atoms with van der Waals surface area (Å²) >= 11 is 0. The lowest BCUT2D eigenvalue weighted by molar-refractivity contribution is -0.127. The van der Waals surface area contributed by atoms with Gasteiger partial charge in [0.15, 0.2) is 5.84 Å². The van der Waals surface area contributed by atoms with Gasteiger partial charge in [0.1, 0.15) is 5.41 Å². The Bertz CT molecular complexity index is 274. The van der Waals surface area contributed by atoms with Crippen LogP contribution in [-0.2, 0) is 4.79 Å². The van der Waals surface area contributed by atoms with Crippen molar-refractivity contribution in [2.24, 2.45) is 22.2 Å². The molecule has 0 aromatic heterocycles. The van der Waals surface area contributed by atoms with Gasteiger partial charge in [-0.25, -0.2) is 0 Å². The van der Waals surface area contributed by atoms with Gasteiger partial charge >= 0.3 is 0 Å². The Balaban J connectivity index is 2.58. The minimum Gasteiger partial charge on any atom is -0.409 e. The summed E-state index contributed by atoms with van der Waals surface area (Å²) in [6.45, 7) is 4.23. The van der Waals surface area contributed by atoms with Crippen LogP contribution in [-0.4, -0.2) is 23.5 Å². The van der Waals surface area contributed by atoms with E-state index >= 15 is 0 Å². The van der Waals surface area contributed by atoms with Crippen LogP contribution in [0.25, 0.3) is 0 Å². The van der Waals surface area contributed by atoms with Crippen molar-refractivity contribution in [3.63, 3.8) is 0 Å². The molecular formula is C10H19N3O2. The van der Waals surface area contributed by atoms with E-state index in [9.17, 15) is 4.79 Å². The maximum Gasteiger partial charge on any atom is 0.233 e. The summed E-state index contributed by atoms with van der Waals surface area (Å²) in [5.41, 5.74) is 4.62. The van der Waals surface area contributed by atoms with E-state index in [1.165, 1.54) is 12.8 Å². The molecule has 0 bridgehead atoms. The molecule has 15 heavy (non-hydrogen) atoms. The first-order chi connectivity index (χ1) is 7.04. The molecule has 0 aromatic rings. The molecule has 5 heteroatoms. The second-order valence-corrected chi connectivity index (χ2v) is 4.32. The van der Waals surface area contributed by atoms with Gasteiger partial charge in [0.2, 0.25) is 5.91 Å². The van der Waals surface area contributed by atoms with Crippen LogP contribution in [0.2, 0.25) is 0 Å². The van der Waals surface area contributed by atoms with Crippen LogP contribution in [0.5, 0.6) is 0 Å². The Hall–Kier alpha value is -1.26. The van der Waals surface area contributed by atoms with Crippen molar-refractivity contribution in [2.75, 3.05) is 6.54 Å². The third-order valence-electron chi connectivity index (χ3n) is 3.13. The largest absolute Gasteiger partial charge is 0.409 e. The van der Waals surface area contributed by atoms with Gasteiger partial charge in [0.05, 0.1) is 0 Å². The highest BCUT2D eigenvalue weighted by atomic mass is 16.4. The zero-order chi connectivity index (χ0) is 11.5. The van der Waals surface area contributed by atoms with Crippen LogP contribution in [0, 0.1) is 11.3 Å². The van der Waals surface area contributed by atoms with Crippen molar-refractivity contribution < 1.29 is 10.0 Å². The van der Waals surface area contributed by atoms with E-state index in [1.807, 2.05) is 6.92 Å². The number of carbonyl (C=O) groups excluding carboxylic acids is 1. The highest BCUT2D eigenvalue weighted by Gasteiger charge is 2.37. The van der Waals surface area contributed by atoms with Gasteiger partial charge in [0.25, 0.3) is 0 Å². The third-order valence-corrected chi connectivity index (χ3v) is 3.13. The molecule has 0 saturated heterocycles. The summed E-state index contributed by atoms with van der Waals surface area (Å²) in [6.07, 6.45) is 2.89. The zero-order valence-corrected chi connectivity index (χ0v) is 9.29. The molecule has 5 nitrogen and oxygen atoms in total. The molecule has 0 radical (unpaired) electrons. The molecule has 1 amide bonds. The standard InChI is InChI=1S/C10H19N3O2/c1-3-10(2,8(11)13-15)9(14)12-6-7-4-5-7/h7,15H,3-6H2,1-2H3,(H2,11,13)(H,12,14). The smallest absolute Gasteiger partial charge is 0.233 e. The van der Waals surface area contributed by atoms with Gasteiger partial charge < -0.3 is 16.3 Å². The normalized spacial score (nSPS) is 20.8. The number of hydrogen-bond acceptors (Lipinski definition) is 3. The van der Waals surface area contributed by atoms with Crippen molar-refractivity contribution in [1.82, 2.24) is 5.32 Å². The van der Waals surface area contributed by atoms with Crippen LogP contribution in [0.4, 0.5) is 0 Å². The lowest BCUT2D eigenvalue weighted by Gasteiger charge is -2.25. The summed E-state index contributed by atoms with van der Waals surface area (Å²) in [7, 11) is 0. The summed E-state index contributed by atoms with van der Waals surface area (Å²) in [6, 6.07) is 0. The number of amides is 1. The molecule has 4 N–H and O–H groups in total. The number of hydrogen-bond donors (Lipinski definition) is 3. The topological polar surface area (TPSA) is 87.7 Å². The van der Waals surface area contributed by atoms with Crippen molar-refractivity contribution in [3.8, 4) is 0 Å². The Morgan fingerprint density at radius 1 is 1.67 bits per heavy atom. The number of carbonyl (C=O) groups is 1. The summed E-state index contributed by atoms with van der Waals surface area (Å²) in [5, 5.41) is 14.4. The molecule has 1 saturated carbocycles. The molecule has 1 fully saturated rings. The maximum absolute atomic E-state index is 11.8. The van der Waals surface area contributed by atoms with Gasteiger partial charge in [-0.1, -0.05) is 12.1 Å². The molecular weight excluding hydrogens is 194 g/mol. The maximum atomic E-state index is 11.8. The van der Waals surface area contributed by atoms with Crippen molar-refractivity contribution >= 4 is 11.7 Å². The average molecular weight is 213 g/mol. The minimum atomic E-state index is -0.899. The van der Waals surface area contributed by atoms with Gasteiger partial charge in [-0.05, 0) is 32.1 Å². The molecule has 1 aliphatic rings. The van der Waals surface area contributed by atoms with E-state index in [2.05, 4.69) is 10.5 Å². The Morgan fingerprint density at radius 3 is 2.67 bits per heavy atom. The fourth-order valence-electron chi connectivity index (χ4n) is 1.32. The first-order valence-corrected chi connectivity index (χ1v) is 5.31. The third kappa shape index (κ3) is 2.61. The van der Waals surface area contributed by atoms with Gasteiger partial charge in [-0.3, -0.25) is 4.79 Å². The van der Waals surface area contributed by atoms with E-state index in [0.717, 1.165) is 0 Å². The summed E-state index contributed by atoms with van der Waals surface area (Å²) in [4.78, 5) is 11.8. The summed E-state index contributed by atoms with van der Waals surface area (Å²) < 4.78 is 0.